The molecule has 2 unspecified atom stereocenters. The first kappa shape index (κ1) is 16.7. The van der Waals surface area contributed by atoms with Gasteiger partial charge >= 0.3 is 0 Å². The first-order chi connectivity index (χ1) is 7.81. The second-order valence-electron chi connectivity index (χ2n) is 6.33. The van der Waals surface area contributed by atoms with Crippen molar-refractivity contribution in [1.82, 2.24) is 0 Å². The van der Waals surface area contributed by atoms with Crippen LogP contribution in [0.3, 0.4) is 0 Å². The van der Waals surface area contributed by atoms with Crippen molar-refractivity contribution in [2.45, 2.75) is 60.8 Å². The van der Waals surface area contributed by atoms with Gasteiger partial charge in [-0.1, -0.05) is 59.6 Å². The van der Waals surface area contributed by atoms with Crippen LogP contribution in [-0.4, -0.2) is 13.2 Å². The summed E-state index contributed by atoms with van der Waals surface area (Å²) in [6, 6.07) is 0. The van der Waals surface area contributed by atoms with Gasteiger partial charge in [0.15, 0.2) is 0 Å². The van der Waals surface area contributed by atoms with E-state index in [0.29, 0.717) is 23.9 Å². The predicted molar refractivity (Wildman–Crippen MR) is 77.3 cm³/mol. The zero-order valence-corrected chi connectivity index (χ0v) is 12.8. The van der Waals surface area contributed by atoms with E-state index in [9.17, 15) is 0 Å². The summed E-state index contributed by atoms with van der Waals surface area (Å²) in [5, 5.41) is 0. The van der Waals surface area contributed by atoms with Gasteiger partial charge in [-0.15, -0.1) is 0 Å². The Balaban J connectivity index is 4.08. The Morgan fingerprint density at radius 3 is 2.35 bits per heavy atom. The number of rotatable bonds is 9. The van der Waals surface area contributed by atoms with E-state index in [-0.39, 0.29) is 0 Å². The molecule has 0 N–H and O–H groups in total. The lowest BCUT2D eigenvalue weighted by Crippen LogP contribution is -2.29. The largest absolute Gasteiger partial charge is 0.377 e. The van der Waals surface area contributed by atoms with Crippen LogP contribution in [0.15, 0.2) is 12.2 Å². The van der Waals surface area contributed by atoms with Crippen LogP contribution in [-0.2, 0) is 4.74 Å². The molecule has 0 aromatic carbocycles. The highest BCUT2D eigenvalue weighted by Gasteiger charge is 2.29. The van der Waals surface area contributed by atoms with Gasteiger partial charge in [-0.3, -0.25) is 0 Å². The van der Waals surface area contributed by atoms with Gasteiger partial charge in [0.1, 0.15) is 0 Å². The van der Waals surface area contributed by atoms with Gasteiger partial charge in [0.2, 0.25) is 0 Å². The van der Waals surface area contributed by atoms with Crippen molar-refractivity contribution >= 4 is 0 Å². The van der Waals surface area contributed by atoms with E-state index >= 15 is 0 Å². The van der Waals surface area contributed by atoms with Crippen LogP contribution < -0.4 is 0 Å². The molecule has 0 saturated heterocycles. The second-order valence-corrected chi connectivity index (χ2v) is 6.33. The molecule has 0 rings (SSSR count). The quantitative estimate of drug-likeness (QED) is 0.511. The fourth-order valence-electron chi connectivity index (χ4n) is 2.19. The Morgan fingerprint density at radius 2 is 1.88 bits per heavy atom. The Hall–Kier alpha value is -0.300. The number of hydrogen-bond donors (Lipinski definition) is 0. The zero-order chi connectivity index (χ0) is 13.5. The third-order valence-electron chi connectivity index (χ3n) is 3.99. The van der Waals surface area contributed by atoms with Crippen molar-refractivity contribution < 1.29 is 4.74 Å². The van der Waals surface area contributed by atoms with Gasteiger partial charge in [0.25, 0.3) is 0 Å². The SMILES string of the molecule is C=C(C)COCC(C)C(C)C(C)(C)CCCC. The Bertz CT molecular complexity index is 218. The molecule has 17 heavy (non-hydrogen) atoms. The van der Waals surface area contributed by atoms with Crippen LogP contribution in [0.2, 0.25) is 0 Å². The summed E-state index contributed by atoms with van der Waals surface area (Å²) in [7, 11) is 0. The lowest BCUT2D eigenvalue weighted by molar-refractivity contribution is 0.0592. The monoisotopic (exact) mass is 240 g/mol. The topological polar surface area (TPSA) is 9.23 Å². The third-order valence-corrected chi connectivity index (χ3v) is 3.99. The molecule has 0 spiro atoms. The normalized spacial score (nSPS) is 15.6. The average Bonchev–Trinajstić information content (AvgIpc) is 2.24. The van der Waals surface area contributed by atoms with E-state index in [2.05, 4.69) is 41.2 Å². The third kappa shape index (κ3) is 6.88. The van der Waals surface area contributed by atoms with E-state index < -0.39 is 0 Å². The highest BCUT2D eigenvalue weighted by Crippen LogP contribution is 2.37. The molecule has 0 aliphatic rings. The van der Waals surface area contributed by atoms with Crippen LogP contribution in [0.4, 0.5) is 0 Å². The molecule has 1 nitrogen and oxygen atoms in total. The fraction of sp³-hybridized carbons (Fsp3) is 0.875. The van der Waals surface area contributed by atoms with Gasteiger partial charge in [0.05, 0.1) is 6.61 Å². The fourth-order valence-corrected chi connectivity index (χ4v) is 2.19. The van der Waals surface area contributed by atoms with Gasteiger partial charge in [-0.05, 0) is 30.6 Å². The van der Waals surface area contributed by atoms with E-state index in [1.54, 1.807) is 0 Å². The molecule has 2 atom stereocenters. The minimum atomic E-state index is 0.419. The molecule has 0 bridgehead atoms. The lowest BCUT2D eigenvalue weighted by atomic mass is 9.71. The molecular formula is C16H32O. The van der Waals surface area contributed by atoms with Gasteiger partial charge in [0, 0.05) is 6.61 Å². The average molecular weight is 240 g/mol. The summed E-state index contributed by atoms with van der Waals surface area (Å²) in [4.78, 5) is 0. The van der Waals surface area contributed by atoms with Crippen molar-refractivity contribution in [3.05, 3.63) is 12.2 Å². The molecular weight excluding hydrogens is 208 g/mol. The maximum Gasteiger partial charge on any atom is 0.0671 e. The van der Waals surface area contributed by atoms with E-state index in [4.69, 9.17) is 4.74 Å². The van der Waals surface area contributed by atoms with Crippen LogP contribution in [0, 0.1) is 17.3 Å². The van der Waals surface area contributed by atoms with E-state index in [1.165, 1.54) is 19.3 Å². The molecule has 0 saturated carbocycles. The van der Waals surface area contributed by atoms with Crippen LogP contribution in [0.1, 0.15) is 60.8 Å². The smallest absolute Gasteiger partial charge is 0.0671 e. The number of ether oxygens (including phenoxy) is 1. The van der Waals surface area contributed by atoms with Gasteiger partial charge in [-0.2, -0.15) is 0 Å². The van der Waals surface area contributed by atoms with Crippen molar-refractivity contribution in [3.63, 3.8) is 0 Å². The molecule has 0 aromatic rings. The molecule has 0 aromatic heterocycles. The van der Waals surface area contributed by atoms with E-state index in [1.807, 2.05) is 6.92 Å². The van der Waals surface area contributed by atoms with Crippen molar-refractivity contribution in [3.8, 4) is 0 Å². The minimum Gasteiger partial charge on any atom is -0.377 e. The summed E-state index contributed by atoms with van der Waals surface area (Å²) < 4.78 is 5.68. The van der Waals surface area contributed by atoms with E-state index in [0.717, 1.165) is 12.2 Å². The van der Waals surface area contributed by atoms with Crippen molar-refractivity contribution in [2.24, 2.45) is 17.3 Å². The summed E-state index contributed by atoms with van der Waals surface area (Å²) in [6.07, 6.45) is 3.93. The predicted octanol–water partition coefficient (Wildman–Crippen LogP) is 5.07. The summed E-state index contributed by atoms with van der Waals surface area (Å²) >= 11 is 0. The molecule has 1 heteroatoms. The van der Waals surface area contributed by atoms with Gasteiger partial charge in [-0.25, -0.2) is 0 Å². The molecule has 0 fully saturated rings. The molecule has 0 heterocycles. The van der Waals surface area contributed by atoms with Crippen LogP contribution in [0.25, 0.3) is 0 Å². The Labute approximate surface area is 109 Å². The van der Waals surface area contributed by atoms with Crippen LogP contribution >= 0.6 is 0 Å². The Morgan fingerprint density at radius 1 is 1.29 bits per heavy atom. The maximum absolute atomic E-state index is 5.68. The maximum atomic E-state index is 5.68. The first-order valence-corrected chi connectivity index (χ1v) is 7.03. The summed E-state index contributed by atoms with van der Waals surface area (Å²) in [5.74, 6) is 1.31. The number of hydrogen-bond acceptors (Lipinski definition) is 1. The number of unbranched alkanes of at least 4 members (excludes halogenated alkanes) is 1. The zero-order valence-electron chi connectivity index (χ0n) is 12.8. The molecule has 102 valence electrons. The Kier molecular flexibility index (Phi) is 7.78. The lowest BCUT2D eigenvalue weighted by Gasteiger charge is -2.36. The standard InChI is InChI=1S/C16H32O/c1-8-9-10-16(6,7)15(5)14(4)12-17-11-13(2)3/h14-15H,2,8-12H2,1,3-7H3. The molecule has 0 aliphatic carbocycles. The minimum absolute atomic E-state index is 0.419. The molecule has 0 aliphatic heterocycles. The summed E-state index contributed by atoms with van der Waals surface area (Å²) in [5.41, 5.74) is 1.53. The van der Waals surface area contributed by atoms with Crippen molar-refractivity contribution in [1.29, 1.82) is 0 Å². The highest BCUT2D eigenvalue weighted by molar-refractivity contribution is 4.87. The van der Waals surface area contributed by atoms with Gasteiger partial charge < -0.3 is 4.74 Å². The summed E-state index contributed by atoms with van der Waals surface area (Å²) in [6.45, 7) is 19.1. The molecule has 0 radical (unpaired) electrons. The van der Waals surface area contributed by atoms with Crippen molar-refractivity contribution in [2.75, 3.05) is 13.2 Å². The first-order valence-electron chi connectivity index (χ1n) is 7.03. The second kappa shape index (κ2) is 7.92. The molecule has 0 amide bonds. The highest BCUT2D eigenvalue weighted by atomic mass is 16.5. The van der Waals surface area contributed by atoms with Crippen LogP contribution in [0.5, 0.6) is 0 Å².